The van der Waals surface area contributed by atoms with Crippen molar-refractivity contribution in [2.24, 2.45) is 0 Å². The van der Waals surface area contributed by atoms with Gasteiger partial charge in [0.1, 0.15) is 11.6 Å². The van der Waals surface area contributed by atoms with E-state index in [1.165, 1.54) is 63.4 Å². The summed E-state index contributed by atoms with van der Waals surface area (Å²) in [5.74, 6) is 0.407. The molecule has 0 bridgehead atoms. The van der Waals surface area contributed by atoms with E-state index in [0.29, 0.717) is 17.9 Å². The van der Waals surface area contributed by atoms with Gasteiger partial charge in [0, 0.05) is 17.3 Å². The Balaban J connectivity index is 1.90. The highest BCUT2D eigenvalue weighted by Gasteiger charge is 2.11. The summed E-state index contributed by atoms with van der Waals surface area (Å²) < 4.78 is 20.4. The molecular weight excluding hydrogens is 373 g/mol. The van der Waals surface area contributed by atoms with Gasteiger partial charge in [0.15, 0.2) is 0 Å². The zero-order valence-corrected chi connectivity index (χ0v) is 19.3. The van der Waals surface area contributed by atoms with E-state index in [4.69, 9.17) is 4.74 Å². The van der Waals surface area contributed by atoms with E-state index >= 15 is 0 Å². The van der Waals surface area contributed by atoms with Crippen molar-refractivity contribution in [2.75, 3.05) is 6.61 Å². The molecule has 2 nitrogen and oxygen atoms in total. The number of halogens is 1. The van der Waals surface area contributed by atoms with Crippen LogP contribution in [0.3, 0.4) is 0 Å². The number of aromatic nitrogens is 1. The van der Waals surface area contributed by atoms with Gasteiger partial charge in [0.25, 0.3) is 0 Å². The van der Waals surface area contributed by atoms with Crippen LogP contribution in [-0.4, -0.2) is 11.6 Å². The summed E-state index contributed by atoms with van der Waals surface area (Å²) >= 11 is 0. The molecule has 1 aromatic carbocycles. The molecule has 1 aromatic heterocycles. The average molecular weight is 414 g/mol. The molecule has 0 amide bonds. The molecule has 0 unspecified atom stereocenters. The predicted octanol–water partition coefficient (Wildman–Crippen LogP) is 8.45. The van der Waals surface area contributed by atoms with Gasteiger partial charge in [-0.15, -0.1) is 0 Å². The van der Waals surface area contributed by atoms with E-state index in [9.17, 15) is 4.39 Å². The lowest BCUT2D eigenvalue weighted by Crippen LogP contribution is -2.01. The molecular formula is C27H40FNO. The van der Waals surface area contributed by atoms with E-state index in [1.54, 1.807) is 13.0 Å². The van der Waals surface area contributed by atoms with Crippen molar-refractivity contribution in [3.8, 4) is 17.0 Å². The van der Waals surface area contributed by atoms with Crippen molar-refractivity contribution in [2.45, 2.75) is 97.8 Å². The highest BCUT2D eigenvalue weighted by atomic mass is 19.1. The first-order valence-electron chi connectivity index (χ1n) is 12.0. The number of hydrogen-bond donors (Lipinski definition) is 0. The third kappa shape index (κ3) is 8.45. The Kier molecular flexibility index (Phi) is 11.5. The van der Waals surface area contributed by atoms with E-state index < -0.39 is 0 Å². The lowest BCUT2D eigenvalue weighted by Gasteiger charge is -2.12. The van der Waals surface area contributed by atoms with Crippen LogP contribution in [0.5, 0.6) is 5.75 Å². The number of aryl methyl sites for hydroxylation is 1. The predicted molar refractivity (Wildman–Crippen MR) is 126 cm³/mol. The Bertz CT molecular complexity index is 726. The average Bonchev–Trinajstić information content (AvgIpc) is 2.76. The monoisotopic (exact) mass is 413 g/mol. The molecule has 0 N–H and O–H groups in total. The van der Waals surface area contributed by atoms with Crippen molar-refractivity contribution in [3.05, 3.63) is 47.4 Å². The van der Waals surface area contributed by atoms with Gasteiger partial charge in [0.2, 0.25) is 0 Å². The van der Waals surface area contributed by atoms with Crippen LogP contribution in [0.2, 0.25) is 0 Å². The van der Waals surface area contributed by atoms with Crippen LogP contribution in [0.1, 0.15) is 95.6 Å². The minimum atomic E-state index is -0.230. The smallest absolute Gasteiger partial charge is 0.130 e. The van der Waals surface area contributed by atoms with Crippen molar-refractivity contribution in [3.63, 3.8) is 0 Å². The highest BCUT2D eigenvalue weighted by molar-refractivity contribution is 5.63. The molecule has 2 aromatic rings. The Morgan fingerprint density at radius 1 is 0.833 bits per heavy atom. The normalized spacial score (nSPS) is 11.1. The fraction of sp³-hybridized carbons (Fsp3) is 0.593. The second-order valence-electron chi connectivity index (χ2n) is 8.41. The second-order valence-corrected chi connectivity index (χ2v) is 8.41. The zero-order chi connectivity index (χ0) is 21.6. The summed E-state index contributed by atoms with van der Waals surface area (Å²) in [6, 6.07) is 7.63. The molecule has 30 heavy (non-hydrogen) atoms. The molecule has 0 aliphatic rings. The first kappa shape index (κ1) is 24.4. The third-order valence-electron chi connectivity index (χ3n) is 5.74. The first-order chi connectivity index (χ1) is 14.7. The van der Waals surface area contributed by atoms with Gasteiger partial charge in [-0.2, -0.15) is 0 Å². The van der Waals surface area contributed by atoms with Crippen LogP contribution in [0.15, 0.2) is 30.5 Å². The molecule has 2 rings (SSSR count). The summed E-state index contributed by atoms with van der Waals surface area (Å²) in [7, 11) is 0. The van der Waals surface area contributed by atoms with E-state index in [2.05, 4.69) is 24.9 Å². The molecule has 0 atom stereocenters. The SMILES string of the molecule is CCCCCCCCc1ccc(-c2cc(F)c(C)c(OCCCCCCC)c2)nc1. The number of pyridine rings is 1. The van der Waals surface area contributed by atoms with Crippen LogP contribution in [-0.2, 0) is 6.42 Å². The van der Waals surface area contributed by atoms with E-state index in [-0.39, 0.29) is 5.82 Å². The maximum absolute atomic E-state index is 14.5. The summed E-state index contributed by atoms with van der Waals surface area (Å²) in [6.07, 6.45) is 16.7. The number of hydrogen-bond acceptors (Lipinski definition) is 2. The van der Waals surface area contributed by atoms with Crippen LogP contribution < -0.4 is 4.74 Å². The summed E-state index contributed by atoms with van der Waals surface area (Å²) in [6.45, 7) is 6.88. The van der Waals surface area contributed by atoms with Crippen LogP contribution in [0, 0.1) is 12.7 Å². The molecule has 0 spiro atoms. The van der Waals surface area contributed by atoms with Crippen molar-refractivity contribution in [1.29, 1.82) is 0 Å². The number of rotatable bonds is 15. The first-order valence-corrected chi connectivity index (χ1v) is 12.0. The Hall–Kier alpha value is -1.90. The molecule has 0 aliphatic heterocycles. The topological polar surface area (TPSA) is 22.1 Å². The molecule has 0 aliphatic carbocycles. The standard InChI is InChI=1S/C27H40FNO/c1-4-6-8-10-11-13-15-23-16-17-26(29-21-23)24-19-25(28)22(3)27(20-24)30-18-14-12-9-7-5-2/h16-17,19-21H,4-15,18H2,1-3H3. The Labute approximate surface area is 183 Å². The molecule has 166 valence electrons. The van der Waals surface area contributed by atoms with Gasteiger partial charge in [0.05, 0.1) is 12.3 Å². The number of unbranched alkanes of at least 4 members (excludes halogenated alkanes) is 9. The largest absolute Gasteiger partial charge is 0.493 e. The van der Waals surface area contributed by atoms with Gasteiger partial charge < -0.3 is 4.74 Å². The lowest BCUT2D eigenvalue weighted by molar-refractivity contribution is 0.301. The fourth-order valence-corrected chi connectivity index (χ4v) is 3.69. The molecule has 0 radical (unpaired) electrons. The number of benzene rings is 1. The van der Waals surface area contributed by atoms with E-state index in [0.717, 1.165) is 30.5 Å². The van der Waals surface area contributed by atoms with Crippen molar-refractivity contribution >= 4 is 0 Å². The lowest BCUT2D eigenvalue weighted by atomic mass is 10.0. The van der Waals surface area contributed by atoms with E-state index in [1.807, 2.05) is 18.3 Å². The molecule has 0 fully saturated rings. The quantitative estimate of drug-likeness (QED) is 0.273. The van der Waals surface area contributed by atoms with Crippen molar-refractivity contribution < 1.29 is 9.13 Å². The maximum Gasteiger partial charge on any atom is 0.130 e. The van der Waals surface area contributed by atoms with Crippen LogP contribution in [0.4, 0.5) is 4.39 Å². The van der Waals surface area contributed by atoms with Gasteiger partial charge in [-0.05, 0) is 49.9 Å². The van der Waals surface area contributed by atoms with Gasteiger partial charge in [-0.25, -0.2) is 4.39 Å². The number of ether oxygens (including phenoxy) is 1. The minimum Gasteiger partial charge on any atom is -0.493 e. The second kappa shape index (κ2) is 14.2. The van der Waals surface area contributed by atoms with Gasteiger partial charge >= 0.3 is 0 Å². The summed E-state index contributed by atoms with van der Waals surface area (Å²) in [4.78, 5) is 4.60. The van der Waals surface area contributed by atoms with Crippen LogP contribution >= 0.6 is 0 Å². The molecule has 0 saturated carbocycles. The van der Waals surface area contributed by atoms with Crippen molar-refractivity contribution in [1.82, 2.24) is 4.98 Å². The zero-order valence-electron chi connectivity index (χ0n) is 19.3. The van der Waals surface area contributed by atoms with Gasteiger partial charge in [-0.1, -0.05) is 77.7 Å². The summed E-state index contributed by atoms with van der Waals surface area (Å²) in [5, 5.41) is 0. The third-order valence-corrected chi connectivity index (χ3v) is 5.74. The molecule has 0 saturated heterocycles. The fourth-order valence-electron chi connectivity index (χ4n) is 3.69. The molecule has 1 heterocycles. The minimum absolute atomic E-state index is 0.230. The summed E-state index contributed by atoms with van der Waals surface area (Å²) in [5.41, 5.74) is 3.41. The molecule has 3 heteroatoms. The Morgan fingerprint density at radius 2 is 1.50 bits per heavy atom. The van der Waals surface area contributed by atoms with Crippen LogP contribution in [0.25, 0.3) is 11.3 Å². The Morgan fingerprint density at radius 3 is 2.17 bits per heavy atom. The number of nitrogens with zero attached hydrogens (tertiary/aromatic N) is 1. The highest BCUT2D eigenvalue weighted by Crippen LogP contribution is 2.29. The van der Waals surface area contributed by atoms with Gasteiger partial charge in [-0.3, -0.25) is 4.98 Å². The maximum atomic E-state index is 14.5.